The maximum Gasteiger partial charge on any atom is 0.249 e. The fourth-order valence-corrected chi connectivity index (χ4v) is 6.51. The highest BCUT2D eigenvalue weighted by Gasteiger charge is 2.44. The molecular weight excluding hydrogens is 638 g/mol. The molecule has 0 aliphatic carbocycles. The van der Waals surface area contributed by atoms with E-state index < -0.39 is 61.5 Å². The number of allylic oxidation sites excluding steroid dienone is 1. The molecule has 0 saturated carbocycles. The standard InChI is InChI=1S/C40H77NO9/c1-3-5-7-9-11-13-14-15-16-17-18-19-21-22-24-26-28-33(43)32(31-49-40-38(47)37(46)36(45)35(30-42)50-40)41-39(48)34(44)29-27-25-23-20-12-10-8-6-4-2/h26,28,32-38,40,42-47H,3-25,27,29-31H2,1-2H3,(H,41,48)/b28-26+. The molecule has 1 rings (SSSR count). The van der Waals surface area contributed by atoms with Crippen LogP contribution in [-0.2, 0) is 14.3 Å². The normalized spacial score (nSPS) is 22.9. The van der Waals surface area contributed by atoms with E-state index in [-0.39, 0.29) is 6.61 Å². The highest BCUT2D eigenvalue weighted by molar-refractivity contribution is 5.80. The highest BCUT2D eigenvalue weighted by Crippen LogP contribution is 2.22. The number of carbonyl (C=O) groups excluding carboxylic acids is 1. The van der Waals surface area contributed by atoms with Crippen molar-refractivity contribution >= 4 is 5.91 Å². The summed E-state index contributed by atoms with van der Waals surface area (Å²) in [4.78, 5) is 12.9. The van der Waals surface area contributed by atoms with Crippen LogP contribution in [0.1, 0.15) is 174 Å². The Balaban J connectivity index is 2.48. The summed E-state index contributed by atoms with van der Waals surface area (Å²) in [7, 11) is 0. The Morgan fingerprint density at radius 1 is 0.680 bits per heavy atom. The summed E-state index contributed by atoms with van der Waals surface area (Å²) in [5.41, 5.74) is 0. The lowest BCUT2D eigenvalue weighted by Gasteiger charge is -2.40. The molecule has 0 aromatic carbocycles. The van der Waals surface area contributed by atoms with Gasteiger partial charge >= 0.3 is 0 Å². The molecule has 1 saturated heterocycles. The lowest BCUT2D eigenvalue weighted by Crippen LogP contribution is -2.60. The van der Waals surface area contributed by atoms with E-state index in [1.807, 2.05) is 6.08 Å². The number of amides is 1. The molecule has 1 amide bonds. The number of nitrogens with one attached hydrogen (secondary N) is 1. The maximum absolute atomic E-state index is 12.9. The molecule has 0 aromatic rings. The van der Waals surface area contributed by atoms with Crippen molar-refractivity contribution in [2.45, 2.75) is 223 Å². The van der Waals surface area contributed by atoms with Crippen LogP contribution in [0.3, 0.4) is 0 Å². The number of ether oxygens (including phenoxy) is 2. The molecule has 0 spiro atoms. The molecule has 0 bridgehead atoms. The molecule has 8 unspecified atom stereocenters. The molecule has 0 radical (unpaired) electrons. The molecule has 1 heterocycles. The predicted octanol–water partition coefficient (Wildman–Crippen LogP) is 6.36. The molecule has 296 valence electrons. The van der Waals surface area contributed by atoms with E-state index in [2.05, 4.69) is 19.2 Å². The van der Waals surface area contributed by atoms with Gasteiger partial charge in [0.2, 0.25) is 5.91 Å². The van der Waals surface area contributed by atoms with E-state index in [0.717, 1.165) is 44.9 Å². The molecule has 10 nitrogen and oxygen atoms in total. The summed E-state index contributed by atoms with van der Waals surface area (Å²) in [6.45, 7) is 3.56. The number of carbonyl (C=O) groups is 1. The Kier molecular flexibility index (Phi) is 29.5. The molecule has 8 atom stereocenters. The molecule has 1 fully saturated rings. The molecule has 0 aromatic heterocycles. The smallest absolute Gasteiger partial charge is 0.249 e. The van der Waals surface area contributed by atoms with Crippen LogP contribution >= 0.6 is 0 Å². The number of hydrogen-bond acceptors (Lipinski definition) is 9. The minimum absolute atomic E-state index is 0.302. The zero-order valence-electron chi connectivity index (χ0n) is 31.8. The van der Waals surface area contributed by atoms with E-state index in [1.165, 1.54) is 109 Å². The summed E-state index contributed by atoms with van der Waals surface area (Å²) in [5, 5.41) is 64.3. The Labute approximate surface area is 304 Å². The average molecular weight is 716 g/mol. The van der Waals surface area contributed by atoms with Gasteiger partial charge in [0.15, 0.2) is 6.29 Å². The van der Waals surface area contributed by atoms with Crippen LogP contribution in [0.25, 0.3) is 0 Å². The predicted molar refractivity (Wildman–Crippen MR) is 200 cm³/mol. The van der Waals surface area contributed by atoms with Gasteiger partial charge in [-0.3, -0.25) is 4.79 Å². The molecule has 50 heavy (non-hydrogen) atoms. The summed E-state index contributed by atoms with van der Waals surface area (Å²) in [5.74, 6) is -0.619. The Bertz CT molecular complexity index is 814. The van der Waals surface area contributed by atoms with Crippen LogP contribution in [0.15, 0.2) is 12.2 Å². The number of rotatable bonds is 33. The highest BCUT2D eigenvalue weighted by atomic mass is 16.7. The first-order valence-electron chi connectivity index (χ1n) is 20.5. The SMILES string of the molecule is CCCCCCCCCCCCCCCC/C=C/C(O)C(COC1OC(CO)C(O)C(O)C1O)NC(=O)C(O)CCCCCCCCCCC. The Hall–Kier alpha value is -1.11. The molecule has 10 heteroatoms. The number of aliphatic hydroxyl groups excluding tert-OH is 6. The van der Waals surface area contributed by atoms with Crippen LogP contribution in [0.2, 0.25) is 0 Å². The zero-order chi connectivity index (χ0) is 36.8. The minimum atomic E-state index is -1.60. The van der Waals surface area contributed by atoms with Crippen molar-refractivity contribution in [3.05, 3.63) is 12.2 Å². The maximum atomic E-state index is 12.9. The third-order valence-corrected chi connectivity index (χ3v) is 9.97. The molecule has 7 N–H and O–H groups in total. The van der Waals surface area contributed by atoms with Crippen molar-refractivity contribution in [2.75, 3.05) is 13.2 Å². The van der Waals surface area contributed by atoms with E-state index in [9.17, 15) is 35.4 Å². The van der Waals surface area contributed by atoms with Crippen molar-refractivity contribution in [2.24, 2.45) is 0 Å². The average Bonchev–Trinajstić information content (AvgIpc) is 3.11. The van der Waals surface area contributed by atoms with Crippen LogP contribution in [0, 0.1) is 0 Å². The Morgan fingerprint density at radius 3 is 1.62 bits per heavy atom. The van der Waals surface area contributed by atoms with Crippen LogP contribution in [0.5, 0.6) is 0 Å². The number of hydrogen-bond donors (Lipinski definition) is 7. The lowest BCUT2D eigenvalue weighted by molar-refractivity contribution is -0.302. The summed E-state index contributed by atoms with van der Waals surface area (Å²) < 4.78 is 11.1. The van der Waals surface area contributed by atoms with E-state index in [1.54, 1.807) is 6.08 Å². The van der Waals surface area contributed by atoms with Crippen molar-refractivity contribution < 1.29 is 44.9 Å². The first kappa shape index (κ1) is 46.9. The largest absolute Gasteiger partial charge is 0.394 e. The third kappa shape index (κ3) is 22.1. The topological polar surface area (TPSA) is 169 Å². The van der Waals surface area contributed by atoms with Crippen LogP contribution < -0.4 is 5.32 Å². The quantitative estimate of drug-likeness (QED) is 0.0302. The van der Waals surface area contributed by atoms with Gasteiger partial charge in [0, 0.05) is 0 Å². The second-order valence-electron chi connectivity index (χ2n) is 14.6. The lowest BCUT2D eigenvalue weighted by atomic mass is 9.99. The molecular formula is C40H77NO9. The fraction of sp³-hybridized carbons (Fsp3) is 0.925. The van der Waals surface area contributed by atoms with Gasteiger partial charge in [0.25, 0.3) is 0 Å². The molecule has 1 aliphatic heterocycles. The van der Waals surface area contributed by atoms with Crippen molar-refractivity contribution in [1.82, 2.24) is 5.32 Å². The monoisotopic (exact) mass is 716 g/mol. The fourth-order valence-electron chi connectivity index (χ4n) is 6.51. The van der Waals surface area contributed by atoms with Gasteiger partial charge < -0.3 is 45.4 Å². The minimum Gasteiger partial charge on any atom is -0.394 e. The zero-order valence-corrected chi connectivity index (χ0v) is 31.8. The van der Waals surface area contributed by atoms with E-state index in [0.29, 0.717) is 6.42 Å². The van der Waals surface area contributed by atoms with Gasteiger partial charge in [-0.15, -0.1) is 0 Å². The van der Waals surface area contributed by atoms with Gasteiger partial charge in [-0.05, 0) is 19.3 Å². The van der Waals surface area contributed by atoms with Gasteiger partial charge in [-0.2, -0.15) is 0 Å². The van der Waals surface area contributed by atoms with Crippen LogP contribution in [0.4, 0.5) is 0 Å². The summed E-state index contributed by atoms with van der Waals surface area (Å²) in [6.07, 6.45) is 23.1. The van der Waals surface area contributed by atoms with Crippen LogP contribution in [-0.4, -0.2) is 98.7 Å². The summed E-state index contributed by atoms with van der Waals surface area (Å²) >= 11 is 0. The van der Waals surface area contributed by atoms with Crippen molar-refractivity contribution in [1.29, 1.82) is 0 Å². The Morgan fingerprint density at radius 2 is 1.14 bits per heavy atom. The van der Waals surface area contributed by atoms with Crippen molar-refractivity contribution in [3.63, 3.8) is 0 Å². The summed E-state index contributed by atoms with van der Waals surface area (Å²) in [6, 6.07) is -0.972. The van der Waals surface area contributed by atoms with Gasteiger partial charge in [-0.1, -0.05) is 167 Å². The second-order valence-corrected chi connectivity index (χ2v) is 14.6. The first-order valence-corrected chi connectivity index (χ1v) is 20.5. The first-order chi connectivity index (χ1) is 24.3. The van der Waals surface area contributed by atoms with E-state index in [4.69, 9.17) is 9.47 Å². The second kappa shape index (κ2) is 31.4. The van der Waals surface area contributed by atoms with E-state index >= 15 is 0 Å². The van der Waals surface area contributed by atoms with Gasteiger partial charge in [0.05, 0.1) is 25.4 Å². The number of aliphatic hydroxyl groups is 6. The van der Waals surface area contributed by atoms with Gasteiger partial charge in [-0.25, -0.2) is 0 Å². The number of unbranched alkanes of at least 4 members (excludes halogenated alkanes) is 22. The van der Waals surface area contributed by atoms with Gasteiger partial charge in [0.1, 0.15) is 30.5 Å². The third-order valence-electron chi connectivity index (χ3n) is 9.97. The van der Waals surface area contributed by atoms with Crippen molar-refractivity contribution in [3.8, 4) is 0 Å². The molecule has 1 aliphatic rings.